The number of rotatable bonds is 6. The fourth-order valence-electron chi connectivity index (χ4n) is 5.00. The molecule has 33 heavy (non-hydrogen) atoms. The Bertz CT molecular complexity index is 893. The molecule has 9 heteroatoms. The molecule has 1 aliphatic carbocycles. The first kappa shape index (κ1) is 25.9. The van der Waals surface area contributed by atoms with Gasteiger partial charge in [-0.15, -0.1) is 12.4 Å². The number of carbonyl (C=O) groups excluding carboxylic acids is 1. The molecule has 4 rings (SSSR count). The van der Waals surface area contributed by atoms with Crippen LogP contribution in [0.1, 0.15) is 55.7 Å². The number of morpholine rings is 1. The third-order valence-electron chi connectivity index (χ3n) is 6.89. The third kappa shape index (κ3) is 6.27. The first-order valence-electron chi connectivity index (χ1n) is 11.7. The highest BCUT2D eigenvalue weighted by Gasteiger charge is 2.38. The lowest BCUT2D eigenvalue weighted by Crippen LogP contribution is -2.58. The molecule has 0 unspecified atom stereocenters. The Kier molecular flexibility index (Phi) is 9.16. The van der Waals surface area contributed by atoms with Crippen LogP contribution in [-0.4, -0.2) is 63.5 Å². The number of hydrogen-bond donors (Lipinski definition) is 1. The van der Waals surface area contributed by atoms with Crippen LogP contribution in [-0.2, 0) is 23.0 Å². The van der Waals surface area contributed by atoms with Crippen molar-refractivity contribution >= 4 is 29.9 Å². The molecule has 0 bridgehead atoms. The maximum absolute atomic E-state index is 12.5. The van der Waals surface area contributed by atoms with Gasteiger partial charge >= 0.3 is 0 Å². The van der Waals surface area contributed by atoms with E-state index in [9.17, 15) is 4.79 Å². The number of hydrogen-bond acceptors (Lipinski definition) is 5. The van der Waals surface area contributed by atoms with E-state index in [2.05, 4.69) is 32.4 Å². The maximum atomic E-state index is 12.5. The minimum atomic E-state index is -0.408. The van der Waals surface area contributed by atoms with Gasteiger partial charge in [0.15, 0.2) is 5.82 Å². The molecule has 2 aliphatic rings. The number of aryl methyl sites for hydroxylation is 2. The van der Waals surface area contributed by atoms with Gasteiger partial charge in [-0.1, -0.05) is 23.7 Å². The smallest absolute Gasteiger partial charge is 0.250 e. The first-order valence-corrected chi connectivity index (χ1v) is 12.1. The van der Waals surface area contributed by atoms with Gasteiger partial charge in [0.25, 0.3) is 0 Å². The van der Waals surface area contributed by atoms with E-state index in [0.717, 1.165) is 48.8 Å². The summed E-state index contributed by atoms with van der Waals surface area (Å²) in [5.41, 5.74) is 1.24. The van der Waals surface area contributed by atoms with E-state index in [4.69, 9.17) is 16.3 Å². The van der Waals surface area contributed by atoms with Crippen LogP contribution >= 0.6 is 24.0 Å². The predicted octanol–water partition coefficient (Wildman–Crippen LogP) is 3.67. The van der Waals surface area contributed by atoms with Crippen LogP contribution in [0.2, 0.25) is 5.02 Å². The van der Waals surface area contributed by atoms with Crippen molar-refractivity contribution in [3.8, 4) is 0 Å². The molecule has 2 fully saturated rings. The van der Waals surface area contributed by atoms with Crippen LogP contribution in [0, 0.1) is 6.92 Å². The van der Waals surface area contributed by atoms with Crippen LogP contribution < -0.4 is 5.32 Å². The topological polar surface area (TPSA) is 72.3 Å². The third-order valence-corrected chi connectivity index (χ3v) is 7.14. The zero-order valence-corrected chi connectivity index (χ0v) is 21.2. The number of nitrogens with one attached hydrogen (secondary N) is 1. The van der Waals surface area contributed by atoms with Gasteiger partial charge in [-0.25, -0.2) is 4.98 Å². The van der Waals surface area contributed by atoms with Gasteiger partial charge in [0.1, 0.15) is 11.9 Å². The quantitative estimate of drug-likeness (QED) is 0.661. The molecule has 1 amide bonds. The van der Waals surface area contributed by atoms with Crippen LogP contribution in [0.5, 0.6) is 0 Å². The number of likely N-dealkylation sites (N-methyl/N-ethyl adjacent to an activating group) is 1. The van der Waals surface area contributed by atoms with Crippen molar-refractivity contribution in [2.24, 2.45) is 7.05 Å². The second-order valence-electron chi connectivity index (χ2n) is 9.04. The number of ether oxygens (including phenoxy) is 1. The van der Waals surface area contributed by atoms with E-state index in [1.165, 1.54) is 5.56 Å². The summed E-state index contributed by atoms with van der Waals surface area (Å²) in [6.07, 6.45) is 4.80. The molecular weight excluding hydrogens is 461 g/mol. The molecule has 1 aromatic carbocycles. The van der Waals surface area contributed by atoms with Crippen molar-refractivity contribution in [3.63, 3.8) is 0 Å². The van der Waals surface area contributed by atoms with Crippen molar-refractivity contribution in [1.82, 2.24) is 25.0 Å². The van der Waals surface area contributed by atoms with E-state index < -0.39 is 6.10 Å². The van der Waals surface area contributed by atoms with Crippen molar-refractivity contribution in [2.75, 3.05) is 19.7 Å². The van der Waals surface area contributed by atoms with E-state index in [1.807, 2.05) is 37.7 Å². The highest BCUT2D eigenvalue weighted by atomic mass is 35.5. The van der Waals surface area contributed by atoms with Gasteiger partial charge < -0.3 is 10.1 Å². The molecule has 182 valence electrons. The molecule has 1 aliphatic heterocycles. The monoisotopic (exact) mass is 495 g/mol. The van der Waals surface area contributed by atoms with Crippen LogP contribution in [0.25, 0.3) is 0 Å². The second-order valence-corrected chi connectivity index (χ2v) is 9.48. The largest absolute Gasteiger partial charge is 0.365 e. The van der Waals surface area contributed by atoms with Crippen molar-refractivity contribution in [3.05, 3.63) is 46.5 Å². The Morgan fingerprint density at radius 1 is 1.21 bits per heavy atom. The summed E-state index contributed by atoms with van der Waals surface area (Å²) in [6.45, 7) is 5.76. The fraction of sp³-hybridized carbons (Fsp3) is 0.625. The highest BCUT2D eigenvalue weighted by Crippen LogP contribution is 2.35. The SMILES string of the molecule is CCNC(=O)[C@H]1CN(C2CCC(c3nc(C)n(C)n3)CC2)[C@@H](Cc2ccc(Cl)cc2)CO1.Cl. The molecular formula is C24H35Cl2N5O2. The highest BCUT2D eigenvalue weighted by molar-refractivity contribution is 6.30. The van der Waals surface area contributed by atoms with Gasteiger partial charge in [0.05, 0.1) is 6.61 Å². The van der Waals surface area contributed by atoms with E-state index in [1.54, 1.807) is 0 Å². The Labute approximate surface area is 207 Å². The van der Waals surface area contributed by atoms with Crippen LogP contribution in [0.15, 0.2) is 24.3 Å². The summed E-state index contributed by atoms with van der Waals surface area (Å²) in [4.78, 5) is 19.7. The summed E-state index contributed by atoms with van der Waals surface area (Å²) in [6, 6.07) is 8.74. The molecule has 2 atom stereocenters. The molecule has 2 aromatic rings. The summed E-state index contributed by atoms with van der Waals surface area (Å²) in [5.74, 6) is 2.34. The molecule has 1 aromatic heterocycles. The summed E-state index contributed by atoms with van der Waals surface area (Å²) < 4.78 is 7.89. The van der Waals surface area contributed by atoms with Crippen LogP contribution in [0.4, 0.5) is 0 Å². The zero-order valence-electron chi connectivity index (χ0n) is 19.7. The molecule has 1 saturated heterocycles. The molecule has 1 N–H and O–H groups in total. The Morgan fingerprint density at radius 3 is 2.52 bits per heavy atom. The number of halogens is 2. The van der Waals surface area contributed by atoms with E-state index in [0.29, 0.717) is 31.7 Å². The van der Waals surface area contributed by atoms with Gasteiger partial charge in [-0.2, -0.15) is 5.10 Å². The summed E-state index contributed by atoms with van der Waals surface area (Å²) in [5, 5.41) is 8.28. The predicted molar refractivity (Wildman–Crippen MR) is 132 cm³/mol. The average molecular weight is 496 g/mol. The minimum Gasteiger partial charge on any atom is -0.365 e. The Hall–Kier alpha value is -1.67. The molecule has 7 nitrogen and oxygen atoms in total. The Morgan fingerprint density at radius 2 is 1.91 bits per heavy atom. The lowest BCUT2D eigenvalue weighted by molar-refractivity contribution is -0.145. The molecule has 2 heterocycles. The minimum absolute atomic E-state index is 0. The van der Waals surface area contributed by atoms with E-state index in [-0.39, 0.29) is 24.4 Å². The van der Waals surface area contributed by atoms with Crippen molar-refractivity contribution in [1.29, 1.82) is 0 Å². The summed E-state index contributed by atoms with van der Waals surface area (Å²) >= 11 is 6.07. The van der Waals surface area contributed by atoms with E-state index >= 15 is 0 Å². The zero-order chi connectivity index (χ0) is 22.7. The molecule has 0 spiro atoms. The lowest BCUT2D eigenvalue weighted by atomic mass is 9.83. The number of carbonyl (C=O) groups is 1. The standard InChI is InChI=1S/C24H34ClN5O2.ClH/c1-4-26-24(31)22-14-30(21(15-32-22)13-17-5-9-19(25)10-6-17)20-11-7-18(8-12-20)23-27-16(2)29(3)28-23;/h5-6,9-10,18,20-22H,4,7-8,11-15H2,1-3H3,(H,26,31);1H/t18?,20?,21-,22+;/m0./s1. The van der Waals surface area contributed by atoms with Crippen LogP contribution in [0.3, 0.4) is 0 Å². The van der Waals surface area contributed by atoms with Gasteiger partial charge in [-0.05, 0) is 63.6 Å². The number of amides is 1. The molecule has 1 saturated carbocycles. The van der Waals surface area contributed by atoms with Crippen molar-refractivity contribution in [2.45, 2.75) is 70.1 Å². The van der Waals surface area contributed by atoms with Gasteiger partial charge in [0.2, 0.25) is 5.91 Å². The molecule has 0 radical (unpaired) electrons. The fourth-order valence-corrected chi connectivity index (χ4v) is 5.13. The average Bonchev–Trinajstić information content (AvgIpc) is 3.14. The summed E-state index contributed by atoms with van der Waals surface area (Å²) in [7, 11) is 1.95. The normalized spacial score (nSPS) is 25.9. The number of benzene rings is 1. The second kappa shape index (κ2) is 11.6. The number of nitrogens with zero attached hydrogens (tertiary/aromatic N) is 4. The van der Waals surface area contributed by atoms with Gasteiger partial charge in [-0.3, -0.25) is 14.4 Å². The van der Waals surface area contributed by atoms with Gasteiger partial charge in [0, 0.05) is 43.2 Å². The lowest BCUT2D eigenvalue weighted by Gasteiger charge is -2.45. The first-order chi connectivity index (χ1) is 15.4. The Balaban J connectivity index is 0.00000306. The van der Waals surface area contributed by atoms with Crippen molar-refractivity contribution < 1.29 is 9.53 Å². The maximum Gasteiger partial charge on any atom is 0.250 e. The number of aromatic nitrogens is 3.